The van der Waals surface area contributed by atoms with Gasteiger partial charge in [0.15, 0.2) is 0 Å². The van der Waals surface area contributed by atoms with E-state index in [-0.39, 0.29) is 19.1 Å². The Morgan fingerprint density at radius 3 is 2.58 bits per heavy atom. The number of hydrogen-bond donors (Lipinski definition) is 2. The molecule has 0 radical (unpaired) electrons. The SMILES string of the molecule is Cc1cccc(C[C@H](N)C(=O)N(c2ccccc2)[C@@H](C#N)COCc2cccc(-c3nn[nH]n3)c2)c1. The molecule has 36 heavy (non-hydrogen) atoms. The van der Waals surface area contributed by atoms with Crippen LogP contribution in [-0.2, 0) is 22.6 Å². The summed E-state index contributed by atoms with van der Waals surface area (Å²) in [4.78, 5) is 15.0. The highest BCUT2D eigenvalue weighted by Gasteiger charge is 2.29. The third-order valence-corrected chi connectivity index (χ3v) is 5.66. The lowest BCUT2D eigenvalue weighted by Gasteiger charge is -2.30. The predicted octanol–water partition coefficient (Wildman–Crippen LogP) is 3.19. The van der Waals surface area contributed by atoms with Crippen LogP contribution in [0.25, 0.3) is 11.4 Å². The first-order chi connectivity index (χ1) is 17.5. The molecule has 0 saturated heterocycles. The van der Waals surface area contributed by atoms with Crippen molar-refractivity contribution in [2.45, 2.75) is 32.0 Å². The standard InChI is InChI=1S/C27H27N7O2/c1-19-7-5-8-20(13-19)15-25(29)27(35)34(23-11-3-2-4-12-23)24(16-28)18-36-17-21-9-6-10-22(14-21)26-30-32-33-31-26/h2-14,24-25H,15,17-18,29H2,1H3,(H,30,31,32,33)/t24-,25-/m0/s1. The number of H-pyrrole nitrogens is 1. The Morgan fingerprint density at radius 1 is 1.08 bits per heavy atom. The molecule has 2 atom stereocenters. The maximum Gasteiger partial charge on any atom is 0.245 e. The maximum atomic E-state index is 13.5. The number of tetrazole rings is 1. The van der Waals surface area contributed by atoms with Crippen molar-refractivity contribution < 1.29 is 9.53 Å². The van der Waals surface area contributed by atoms with Gasteiger partial charge < -0.3 is 10.5 Å². The Bertz CT molecular complexity index is 1320. The Balaban J connectivity index is 1.47. The van der Waals surface area contributed by atoms with Crippen LogP contribution in [-0.4, -0.2) is 45.2 Å². The van der Waals surface area contributed by atoms with Crippen molar-refractivity contribution >= 4 is 11.6 Å². The molecule has 3 aromatic carbocycles. The van der Waals surface area contributed by atoms with E-state index in [2.05, 4.69) is 26.7 Å². The summed E-state index contributed by atoms with van der Waals surface area (Å²) in [6.45, 7) is 2.25. The van der Waals surface area contributed by atoms with E-state index >= 15 is 0 Å². The second-order valence-electron chi connectivity index (χ2n) is 8.44. The van der Waals surface area contributed by atoms with Crippen LogP contribution in [0.5, 0.6) is 0 Å². The maximum absolute atomic E-state index is 13.5. The van der Waals surface area contributed by atoms with Crippen LogP contribution in [0.3, 0.4) is 0 Å². The summed E-state index contributed by atoms with van der Waals surface area (Å²) in [5.74, 6) is 0.146. The molecule has 1 aromatic heterocycles. The number of ether oxygens (including phenoxy) is 1. The number of nitrogens with zero attached hydrogens (tertiary/aromatic N) is 5. The van der Waals surface area contributed by atoms with Crippen LogP contribution in [0.1, 0.15) is 16.7 Å². The van der Waals surface area contributed by atoms with Gasteiger partial charge in [0.25, 0.3) is 0 Å². The number of carbonyl (C=O) groups excluding carboxylic acids is 1. The molecule has 0 spiro atoms. The Kier molecular flexibility index (Phi) is 8.13. The number of nitrogens with one attached hydrogen (secondary N) is 1. The second-order valence-corrected chi connectivity index (χ2v) is 8.44. The fraction of sp³-hybridized carbons (Fsp3) is 0.222. The number of anilines is 1. The van der Waals surface area contributed by atoms with E-state index in [4.69, 9.17) is 10.5 Å². The number of hydrogen-bond acceptors (Lipinski definition) is 7. The molecule has 1 amide bonds. The van der Waals surface area contributed by atoms with Crippen molar-refractivity contribution in [2.75, 3.05) is 11.5 Å². The average molecular weight is 482 g/mol. The number of carbonyl (C=O) groups is 1. The number of para-hydroxylation sites is 1. The van der Waals surface area contributed by atoms with Gasteiger partial charge in [-0.1, -0.05) is 66.2 Å². The molecule has 0 aliphatic rings. The number of nitriles is 1. The molecule has 1 heterocycles. The van der Waals surface area contributed by atoms with Crippen LogP contribution < -0.4 is 10.6 Å². The monoisotopic (exact) mass is 481 g/mol. The lowest BCUT2D eigenvalue weighted by molar-refractivity contribution is -0.120. The first kappa shape index (κ1) is 24.7. The summed E-state index contributed by atoms with van der Waals surface area (Å²) in [6.07, 6.45) is 0.367. The quantitative estimate of drug-likeness (QED) is 0.355. The van der Waals surface area contributed by atoms with Gasteiger partial charge in [0.1, 0.15) is 6.04 Å². The topological polar surface area (TPSA) is 134 Å². The first-order valence-corrected chi connectivity index (χ1v) is 11.5. The van der Waals surface area contributed by atoms with Crippen LogP contribution >= 0.6 is 0 Å². The minimum absolute atomic E-state index is 0.0146. The Hall–Kier alpha value is -4.39. The molecular formula is C27H27N7O2. The van der Waals surface area contributed by atoms with E-state index in [0.29, 0.717) is 17.9 Å². The number of amides is 1. The van der Waals surface area contributed by atoms with Crippen LogP contribution in [0.4, 0.5) is 5.69 Å². The van der Waals surface area contributed by atoms with Crippen molar-refractivity contribution in [1.82, 2.24) is 20.6 Å². The molecule has 4 aromatic rings. The molecule has 4 rings (SSSR count). The minimum Gasteiger partial charge on any atom is -0.373 e. The van der Waals surface area contributed by atoms with Gasteiger partial charge in [0.05, 0.1) is 25.3 Å². The summed E-state index contributed by atoms with van der Waals surface area (Å²) in [5.41, 5.74) is 10.7. The van der Waals surface area contributed by atoms with Crippen molar-refractivity contribution in [3.63, 3.8) is 0 Å². The van der Waals surface area contributed by atoms with Gasteiger partial charge >= 0.3 is 0 Å². The van der Waals surface area contributed by atoms with E-state index in [1.807, 2.05) is 73.7 Å². The molecule has 9 heteroatoms. The molecule has 0 unspecified atom stereocenters. The van der Waals surface area contributed by atoms with Gasteiger partial charge in [-0.25, -0.2) is 0 Å². The molecule has 0 aliphatic carbocycles. The van der Waals surface area contributed by atoms with E-state index in [1.54, 1.807) is 12.1 Å². The Morgan fingerprint density at radius 2 is 1.86 bits per heavy atom. The smallest absolute Gasteiger partial charge is 0.245 e. The largest absolute Gasteiger partial charge is 0.373 e. The van der Waals surface area contributed by atoms with Crippen molar-refractivity contribution in [3.05, 3.63) is 95.6 Å². The highest BCUT2D eigenvalue weighted by molar-refractivity contribution is 5.98. The molecule has 9 nitrogen and oxygen atoms in total. The van der Waals surface area contributed by atoms with E-state index < -0.39 is 12.1 Å². The number of aromatic nitrogens is 4. The van der Waals surface area contributed by atoms with E-state index in [0.717, 1.165) is 22.3 Å². The lowest BCUT2D eigenvalue weighted by atomic mass is 10.0. The first-order valence-electron chi connectivity index (χ1n) is 11.5. The number of rotatable bonds is 10. The van der Waals surface area contributed by atoms with Crippen molar-refractivity contribution in [1.29, 1.82) is 5.26 Å². The van der Waals surface area contributed by atoms with Gasteiger partial charge in [0.2, 0.25) is 11.7 Å². The number of benzene rings is 3. The predicted molar refractivity (Wildman–Crippen MR) is 135 cm³/mol. The molecule has 0 fully saturated rings. The number of aryl methyl sites for hydroxylation is 1. The van der Waals surface area contributed by atoms with Gasteiger partial charge in [-0.05, 0) is 47.9 Å². The fourth-order valence-corrected chi connectivity index (χ4v) is 3.95. The summed E-state index contributed by atoms with van der Waals surface area (Å²) in [6, 6.07) is 25.1. The minimum atomic E-state index is -0.858. The highest BCUT2D eigenvalue weighted by atomic mass is 16.5. The fourth-order valence-electron chi connectivity index (χ4n) is 3.95. The third-order valence-electron chi connectivity index (χ3n) is 5.66. The molecule has 3 N–H and O–H groups in total. The normalized spacial score (nSPS) is 12.5. The summed E-state index contributed by atoms with van der Waals surface area (Å²) >= 11 is 0. The van der Waals surface area contributed by atoms with Crippen LogP contribution in [0.2, 0.25) is 0 Å². The zero-order valence-corrected chi connectivity index (χ0v) is 19.9. The van der Waals surface area contributed by atoms with Gasteiger partial charge in [-0.2, -0.15) is 10.5 Å². The zero-order chi connectivity index (χ0) is 25.3. The van der Waals surface area contributed by atoms with Crippen LogP contribution in [0.15, 0.2) is 78.9 Å². The molecule has 182 valence electrons. The third kappa shape index (κ3) is 6.18. The highest BCUT2D eigenvalue weighted by Crippen LogP contribution is 2.20. The van der Waals surface area contributed by atoms with Gasteiger partial charge in [0, 0.05) is 11.3 Å². The molecule has 0 aliphatic heterocycles. The van der Waals surface area contributed by atoms with Gasteiger partial charge in [-0.15, -0.1) is 10.2 Å². The van der Waals surface area contributed by atoms with E-state index in [1.165, 1.54) is 4.90 Å². The van der Waals surface area contributed by atoms with Crippen LogP contribution in [0, 0.1) is 18.3 Å². The van der Waals surface area contributed by atoms with E-state index in [9.17, 15) is 10.1 Å². The average Bonchev–Trinajstić information content (AvgIpc) is 3.44. The summed E-state index contributed by atoms with van der Waals surface area (Å²) in [5, 5.41) is 24.0. The Labute approximate surface area is 209 Å². The van der Waals surface area contributed by atoms with Gasteiger partial charge in [-0.3, -0.25) is 9.69 Å². The molecular weight excluding hydrogens is 454 g/mol. The summed E-state index contributed by atoms with van der Waals surface area (Å²) < 4.78 is 5.89. The van der Waals surface area contributed by atoms with Crippen molar-refractivity contribution in [2.24, 2.45) is 5.73 Å². The lowest BCUT2D eigenvalue weighted by Crippen LogP contribution is -2.51. The number of aromatic amines is 1. The zero-order valence-electron chi connectivity index (χ0n) is 19.9. The second kappa shape index (κ2) is 11.8. The molecule has 0 bridgehead atoms. The van der Waals surface area contributed by atoms with Crippen molar-refractivity contribution in [3.8, 4) is 17.5 Å². The summed E-state index contributed by atoms with van der Waals surface area (Å²) in [7, 11) is 0. The number of nitrogens with two attached hydrogens (primary N) is 1. The molecule has 0 saturated carbocycles.